The van der Waals surface area contributed by atoms with Gasteiger partial charge in [0.05, 0.1) is 0 Å². The van der Waals surface area contributed by atoms with Gasteiger partial charge in [-0.1, -0.05) is 17.8 Å². The molecule has 0 heterocycles. The van der Waals surface area contributed by atoms with Gasteiger partial charge < -0.3 is 5.73 Å². The Labute approximate surface area is 103 Å². The number of halogens is 1. The van der Waals surface area contributed by atoms with Gasteiger partial charge in [-0.15, -0.1) is 0 Å². The molecule has 2 rings (SSSR count). The third-order valence-corrected chi connectivity index (χ3v) is 3.31. The molecule has 17 heavy (non-hydrogen) atoms. The Balaban J connectivity index is 2.24. The minimum atomic E-state index is -0.265. The summed E-state index contributed by atoms with van der Waals surface area (Å²) in [5, 5.41) is 0. The highest BCUT2D eigenvalue weighted by molar-refractivity contribution is 7.99. The molecule has 0 unspecified atom stereocenters. The predicted molar refractivity (Wildman–Crippen MR) is 66.8 cm³/mol. The van der Waals surface area contributed by atoms with E-state index in [1.807, 2.05) is 0 Å². The number of nitrogens with two attached hydrogens (primary N) is 1. The molecule has 0 radical (unpaired) electrons. The van der Waals surface area contributed by atoms with Crippen LogP contribution in [-0.4, -0.2) is 6.29 Å². The van der Waals surface area contributed by atoms with Gasteiger partial charge in [0.25, 0.3) is 0 Å². The molecule has 86 valence electrons. The van der Waals surface area contributed by atoms with E-state index in [1.165, 1.54) is 23.9 Å². The fraction of sp³-hybridized carbons (Fsp3) is 0. The summed E-state index contributed by atoms with van der Waals surface area (Å²) >= 11 is 1.43. The van der Waals surface area contributed by atoms with Crippen LogP contribution in [0.5, 0.6) is 0 Å². The molecular formula is C13H10FNOS. The number of anilines is 1. The Kier molecular flexibility index (Phi) is 3.44. The van der Waals surface area contributed by atoms with Crippen molar-refractivity contribution in [2.45, 2.75) is 9.79 Å². The molecule has 0 aliphatic rings. The molecule has 0 saturated heterocycles. The van der Waals surface area contributed by atoms with Gasteiger partial charge in [-0.25, -0.2) is 4.39 Å². The van der Waals surface area contributed by atoms with E-state index in [2.05, 4.69) is 0 Å². The van der Waals surface area contributed by atoms with Crippen LogP contribution in [0.1, 0.15) is 10.4 Å². The number of nitrogen functional groups attached to an aromatic ring is 1. The number of hydrogen-bond donors (Lipinski definition) is 1. The second-order valence-electron chi connectivity index (χ2n) is 3.47. The van der Waals surface area contributed by atoms with Crippen LogP contribution in [0.25, 0.3) is 0 Å². The van der Waals surface area contributed by atoms with Crippen molar-refractivity contribution in [1.82, 2.24) is 0 Å². The van der Waals surface area contributed by atoms with Gasteiger partial charge in [0.2, 0.25) is 0 Å². The van der Waals surface area contributed by atoms with Gasteiger partial charge in [-0.3, -0.25) is 4.79 Å². The van der Waals surface area contributed by atoms with Crippen LogP contribution >= 0.6 is 11.8 Å². The standard InChI is InChI=1S/C13H10FNOS/c14-10-2-4-11(5-3-10)17-13-6-1-9(8-16)7-12(13)15/h1-8H,15H2. The summed E-state index contributed by atoms with van der Waals surface area (Å²) in [6.07, 6.45) is 0.753. The monoisotopic (exact) mass is 247 g/mol. The summed E-state index contributed by atoms with van der Waals surface area (Å²) in [7, 11) is 0. The van der Waals surface area contributed by atoms with E-state index in [9.17, 15) is 9.18 Å². The molecule has 0 aliphatic heterocycles. The van der Waals surface area contributed by atoms with E-state index in [4.69, 9.17) is 5.73 Å². The van der Waals surface area contributed by atoms with Gasteiger partial charge >= 0.3 is 0 Å². The normalized spacial score (nSPS) is 10.2. The molecule has 0 bridgehead atoms. The molecule has 4 heteroatoms. The van der Waals surface area contributed by atoms with Gasteiger partial charge in [-0.2, -0.15) is 0 Å². The van der Waals surface area contributed by atoms with Crippen molar-refractivity contribution in [3.63, 3.8) is 0 Å². The number of rotatable bonds is 3. The molecular weight excluding hydrogens is 237 g/mol. The van der Waals surface area contributed by atoms with Crippen LogP contribution < -0.4 is 5.73 Å². The fourth-order valence-corrected chi connectivity index (χ4v) is 2.20. The van der Waals surface area contributed by atoms with E-state index in [0.717, 1.165) is 16.1 Å². The quantitative estimate of drug-likeness (QED) is 0.668. The lowest BCUT2D eigenvalue weighted by molar-refractivity contribution is 0.112. The molecule has 0 saturated carbocycles. The lowest BCUT2D eigenvalue weighted by Gasteiger charge is -2.05. The van der Waals surface area contributed by atoms with Gasteiger partial charge in [0, 0.05) is 21.0 Å². The average molecular weight is 247 g/mol. The van der Waals surface area contributed by atoms with E-state index in [-0.39, 0.29) is 5.82 Å². The maximum Gasteiger partial charge on any atom is 0.150 e. The fourth-order valence-electron chi connectivity index (χ4n) is 1.36. The number of carbonyl (C=O) groups is 1. The zero-order valence-electron chi connectivity index (χ0n) is 8.89. The van der Waals surface area contributed by atoms with Crippen LogP contribution in [-0.2, 0) is 0 Å². The van der Waals surface area contributed by atoms with Crippen LogP contribution in [0.4, 0.5) is 10.1 Å². The maximum absolute atomic E-state index is 12.7. The predicted octanol–water partition coefficient (Wildman–Crippen LogP) is 3.37. The topological polar surface area (TPSA) is 43.1 Å². The molecule has 2 aromatic rings. The number of hydrogen-bond acceptors (Lipinski definition) is 3. The van der Waals surface area contributed by atoms with Gasteiger partial charge in [0.1, 0.15) is 12.1 Å². The Morgan fingerprint density at radius 3 is 2.41 bits per heavy atom. The van der Waals surface area contributed by atoms with Gasteiger partial charge in [-0.05, 0) is 36.4 Å². The summed E-state index contributed by atoms with van der Waals surface area (Å²) in [6.45, 7) is 0. The van der Waals surface area contributed by atoms with Crippen molar-refractivity contribution < 1.29 is 9.18 Å². The van der Waals surface area contributed by atoms with Crippen LogP contribution in [0.15, 0.2) is 52.3 Å². The first kappa shape index (κ1) is 11.7. The maximum atomic E-state index is 12.7. The summed E-state index contributed by atoms with van der Waals surface area (Å²) in [5.74, 6) is -0.265. The summed E-state index contributed by atoms with van der Waals surface area (Å²) in [5.41, 5.74) is 6.91. The van der Waals surface area contributed by atoms with Crippen LogP contribution in [0, 0.1) is 5.82 Å². The number of benzene rings is 2. The molecule has 0 aromatic heterocycles. The van der Waals surface area contributed by atoms with Crippen molar-refractivity contribution in [2.24, 2.45) is 0 Å². The lowest BCUT2D eigenvalue weighted by Crippen LogP contribution is -1.90. The van der Waals surface area contributed by atoms with Crippen molar-refractivity contribution in [3.8, 4) is 0 Å². The van der Waals surface area contributed by atoms with Gasteiger partial charge in [0.15, 0.2) is 0 Å². The molecule has 0 atom stereocenters. The Morgan fingerprint density at radius 2 is 1.82 bits per heavy atom. The molecule has 2 nitrogen and oxygen atoms in total. The van der Waals surface area contributed by atoms with Crippen molar-refractivity contribution >= 4 is 23.7 Å². The SMILES string of the molecule is Nc1cc(C=O)ccc1Sc1ccc(F)cc1. The molecule has 0 aliphatic carbocycles. The van der Waals surface area contributed by atoms with Crippen LogP contribution in [0.3, 0.4) is 0 Å². The van der Waals surface area contributed by atoms with E-state index in [1.54, 1.807) is 30.3 Å². The van der Waals surface area contributed by atoms with E-state index in [0.29, 0.717) is 11.3 Å². The number of carbonyl (C=O) groups excluding carboxylic acids is 1. The largest absolute Gasteiger partial charge is 0.398 e. The smallest absolute Gasteiger partial charge is 0.150 e. The highest BCUT2D eigenvalue weighted by atomic mass is 32.2. The molecule has 0 spiro atoms. The molecule has 2 N–H and O–H groups in total. The second kappa shape index (κ2) is 5.01. The van der Waals surface area contributed by atoms with E-state index < -0.39 is 0 Å². The summed E-state index contributed by atoms with van der Waals surface area (Å²) < 4.78 is 12.7. The zero-order valence-corrected chi connectivity index (χ0v) is 9.71. The zero-order chi connectivity index (χ0) is 12.3. The molecule has 0 amide bonds. The van der Waals surface area contributed by atoms with Crippen molar-refractivity contribution in [1.29, 1.82) is 0 Å². The summed E-state index contributed by atoms with van der Waals surface area (Å²) in [6, 6.07) is 11.3. The molecule has 2 aromatic carbocycles. The highest BCUT2D eigenvalue weighted by Crippen LogP contribution is 2.32. The third kappa shape index (κ3) is 2.85. The average Bonchev–Trinajstić information content (AvgIpc) is 2.34. The Bertz CT molecular complexity index is 540. The Morgan fingerprint density at radius 1 is 1.12 bits per heavy atom. The first-order valence-electron chi connectivity index (χ1n) is 4.97. The van der Waals surface area contributed by atoms with Crippen LogP contribution in [0.2, 0.25) is 0 Å². The second-order valence-corrected chi connectivity index (χ2v) is 4.59. The Hall–Kier alpha value is -1.81. The minimum absolute atomic E-state index is 0.265. The first-order chi connectivity index (χ1) is 8.19. The first-order valence-corrected chi connectivity index (χ1v) is 5.79. The van der Waals surface area contributed by atoms with Crippen molar-refractivity contribution in [3.05, 3.63) is 53.8 Å². The summed E-state index contributed by atoms with van der Waals surface area (Å²) in [4.78, 5) is 12.3. The number of aldehydes is 1. The van der Waals surface area contributed by atoms with Crippen molar-refractivity contribution in [2.75, 3.05) is 5.73 Å². The lowest BCUT2D eigenvalue weighted by atomic mass is 10.2. The minimum Gasteiger partial charge on any atom is -0.398 e. The van der Waals surface area contributed by atoms with E-state index >= 15 is 0 Å². The highest BCUT2D eigenvalue weighted by Gasteiger charge is 2.03. The molecule has 0 fully saturated rings. The third-order valence-electron chi connectivity index (χ3n) is 2.21.